The number of hydrogen-bond acceptors (Lipinski definition) is 2. The van der Waals surface area contributed by atoms with Crippen molar-refractivity contribution in [3.8, 4) is 0 Å². The van der Waals surface area contributed by atoms with Gasteiger partial charge in [0.05, 0.1) is 23.2 Å². The lowest BCUT2D eigenvalue weighted by Crippen LogP contribution is -2.31. The van der Waals surface area contributed by atoms with Crippen LogP contribution in [0.1, 0.15) is 31.8 Å². The van der Waals surface area contributed by atoms with Crippen molar-refractivity contribution in [1.82, 2.24) is 4.90 Å². The number of allylic oxidation sites excluding steroid dienone is 1. The third-order valence-corrected chi connectivity index (χ3v) is 4.03. The highest BCUT2D eigenvalue weighted by Crippen LogP contribution is 2.30. The van der Waals surface area contributed by atoms with Crippen molar-refractivity contribution in [3.63, 3.8) is 0 Å². The van der Waals surface area contributed by atoms with Crippen molar-refractivity contribution in [3.05, 3.63) is 82.4 Å². The fourth-order valence-electron chi connectivity index (χ4n) is 2.76. The van der Waals surface area contributed by atoms with E-state index in [0.29, 0.717) is 11.0 Å². The number of carbonyl (C=O) groups is 2. The van der Waals surface area contributed by atoms with Gasteiger partial charge < -0.3 is 0 Å². The summed E-state index contributed by atoms with van der Waals surface area (Å²) in [5.74, 6) is -3.27. The monoisotopic (exact) mass is 381 g/mol. The minimum atomic E-state index is -4.72. The van der Waals surface area contributed by atoms with Crippen molar-refractivity contribution in [2.75, 3.05) is 6.54 Å². The highest BCUT2D eigenvalue weighted by molar-refractivity contribution is 6.21. The average Bonchev–Trinajstić information content (AvgIpc) is 2.84. The summed E-state index contributed by atoms with van der Waals surface area (Å²) >= 11 is 0. The van der Waals surface area contributed by atoms with Gasteiger partial charge in [0.25, 0.3) is 11.8 Å². The van der Waals surface area contributed by atoms with Crippen molar-refractivity contribution in [2.24, 2.45) is 0 Å². The molecular weight excluding hydrogens is 369 g/mol. The summed E-state index contributed by atoms with van der Waals surface area (Å²) < 4.78 is 65.6. The number of alkyl halides is 3. The Morgan fingerprint density at radius 3 is 2.15 bits per heavy atom. The molecule has 2 aromatic carbocycles. The standard InChI is InChI=1S/C19H12F5NO2/c20-13(6-5-11-7-12(19(22,23)24)9-14(21)8-11)10-25-17(26)15-3-1-2-4-16(15)18(25)27/h1-4,6-9H,5,10H2. The summed E-state index contributed by atoms with van der Waals surface area (Å²) in [6, 6.07) is 7.97. The number of benzene rings is 2. The van der Waals surface area contributed by atoms with Crippen LogP contribution in [0.15, 0.2) is 54.4 Å². The predicted molar refractivity (Wildman–Crippen MR) is 86.1 cm³/mol. The van der Waals surface area contributed by atoms with E-state index in [1.165, 1.54) is 12.1 Å². The van der Waals surface area contributed by atoms with Gasteiger partial charge in [-0.25, -0.2) is 8.78 Å². The lowest BCUT2D eigenvalue weighted by molar-refractivity contribution is -0.137. The molecule has 2 aromatic rings. The quantitative estimate of drug-likeness (QED) is 0.576. The molecule has 0 unspecified atom stereocenters. The van der Waals surface area contributed by atoms with Crippen LogP contribution in [0.2, 0.25) is 0 Å². The first kappa shape index (κ1) is 18.8. The van der Waals surface area contributed by atoms with Gasteiger partial charge in [-0.2, -0.15) is 13.2 Å². The smallest absolute Gasteiger partial charge is 0.269 e. The van der Waals surface area contributed by atoms with Gasteiger partial charge in [0.1, 0.15) is 11.6 Å². The van der Waals surface area contributed by atoms with Gasteiger partial charge in [-0.1, -0.05) is 12.1 Å². The molecule has 0 aromatic heterocycles. The van der Waals surface area contributed by atoms with Gasteiger partial charge in [-0.15, -0.1) is 0 Å². The number of imide groups is 1. The summed E-state index contributed by atoms with van der Waals surface area (Å²) in [5, 5.41) is 0. The summed E-state index contributed by atoms with van der Waals surface area (Å²) in [6.45, 7) is -0.645. The Morgan fingerprint density at radius 2 is 1.59 bits per heavy atom. The molecule has 0 saturated heterocycles. The molecule has 0 bridgehead atoms. The summed E-state index contributed by atoms with van der Waals surface area (Å²) in [4.78, 5) is 25.0. The van der Waals surface area contributed by atoms with E-state index in [-0.39, 0.29) is 23.1 Å². The van der Waals surface area contributed by atoms with Crippen LogP contribution in [0.4, 0.5) is 22.0 Å². The van der Waals surface area contributed by atoms with E-state index in [1.807, 2.05) is 0 Å². The molecule has 27 heavy (non-hydrogen) atoms. The molecule has 0 saturated carbocycles. The van der Waals surface area contributed by atoms with Crippen molar-refractivity contribution >= 4 is 11.8 Å². The Bertz CT molecular complexity index is 914. The van der Waals surface area contributed by atoms with Gasteiger partial charge in [0.2, 0.25) is 0 Å². The molecule has 0 spiro atoms. The number of rotatable bonds is 4. The molecule has 0 atom stereocenters. The Kier molecular flexibility index (Phi) is 4.82. The minimum Gasteiger partial charge on any atom is -0.269 e. The highest BCUT2D eigenvalue weighted by Gasteiger charge is 2.35. The van der Waals surface area contributed by atoms with Crippen LogP contribution in [0.25, 0.3) is 0 Å². The van der Waals surface area contributed by atoms with Crippen LogP contribution in [0, 0.1) is 5.82 Å². The molecule has 0 N–H and O–H groups in total. The maximum atomic E-state index is 14.1. The Balaban J connectivity index is 1.74. The van der Waals surface area contributed by atoms with Crippen LogP contribution in [-0.2, 0) is 12.6 Å². The SMILES string of the molecule is O=C1c2ccccc2C(=O)N1CC(F)=CCc1cc(F)cc(C(F)(F)F)c1. The van der Waals surface area contributed by atoms with Gasteiger partial charge in [-0.3, -0.25) is 14.5 Å². The third-order valence-electron chi connectivity index (χ3n) is 4.03. The molecule has 1 heterocycles. The molecule has 8 heteroatoms. The molecule has 0 fully saturated rings. The minimum absolute atomic E-state index is 0.0835. The first-order valence-corrected chi connectivity index (χ1v) is 7.83. The first-order chi connectivity index (χ1) is 12.7. The highest BCUT2D eigenvalue weighted by atomic mass is 19.4. The number of hydrogen-bond donors (Lipinski definition) is 0. The van der Waals surface area contributed by atoms with Gasteiger partial charge >= 0.3 is 6.18 Å². The van der Waals surface area contributed by atoms with Gasteiger partial charge in [0, 0.05) is 0 Å². The molecular formula is C19H12F5NO2. The van der Waals surface area contributed by atoms with E-state index in [9.17, 15) is 31.5 Å². The number of carbonyl (C=O) groups excluding carboxylic acids is 2. The summed E-state index contributed by atoms with van der Waals surface area (Å²) in [5.41, 5.74) is -0.933. The van der Waals surface area contributed by atoms with E-state index in [0.717, 1.165) is 18.2 Å². The zero-order valence-corrected chi connectivity index (χ0v) is 13.7. The van der Waals surface area contributed by atoms with Crippen molar-refractivity contribution < 1.29 is 31.5 Å². The van der Waals surface area contributed by atoms with E-state index in [1.54, 1.807) is 12.1 Å². The Labute approximate surface area is 150 Å². The van der Waals surface area contributed by atoms with Crippen LogP contribution in [0.3, 0.4) is 0 Å². The number of halogens is 5. The van der Waals surface area contributed by atoms with Crippen LogP contribution in [0.5, 0.6) is 0 Å². The van der Waals surface area contributed by atoms with Crippen molar-refractivity contribution in [1.29, 1.82) is 0 Å². The Morgan fingerprint density at radius 1 is 1.00 bits per heavy atom. The molecule has 0 radical (unpaired) electrons. The van der Waals surface area contributed by atoms with Crippen LogP contribution < -0.4 is 0 Å². The van der Waals surface area contributed by atoms with Crippen LogP contribution >= 0.6 is 0 Å². The normalized spacial score (nSPS) is 14.7. The number of amides is 2. The Hall–Kier alpha value is -3.03. The molecule has 3 rings (SSSR count). The number of nitrogens with zero attached hydrogens (tertiary/aromatic N) is 1. The van der Waals surface area contributed by atoms with Gasteiger partial charge in [0.15, 0.2) is 0 Å². The van der Waals surface area contributed by atoms with Crippen molar-refractivity contribution in [2.45, 2.75) is 12.6 Å². The third kappa shape index (κ3) is 3.89. The maximum Gasteiger partial charge on any atom is 0.416 e. The molecule has 0 aliphatic carbocycles. The first-order valence-electron chi connectivity index (χ1n) is 7.83. The van der Waals surface area contributed by atoms with Gasteiger partial charge in [-0.05, 0) is 48.4 Å². The summed E-state index contributed by atoms with van der Waals surface area (Å²) in [7, 11) is 0. The van der Waals surface area contributed by atoms with E-state index >= 15 is 0 Å². The molecule has 1 aliphatic rings. The fraction of sp³-hybridized carbons (Fsp3) is 0.158. The van der Waals surface area contributed by atoms with Crippen LogP contribution in [-0.4, -0.2) is 23.3 Å². The number of fused-ring (bicyclic) bond motifs is 1. The molecule has 140 valence electrons. The van der Waals surface area contributed by atoms with E-state index in [4.69, 9.17) is 0 Å². The average molecular weight is 381 g/mol. The fourth-order valence-corrected chi connectivity index (χ4v) is 2.76. The second kappa shape index (κ2) is 6.94. The zero-order valence-electron chi connectivity index (χ0n) is 13.7. The molecule has 3 nitrogen and oxygen atoms in total. The molecule has 1 aliphatic heterocycles. The lowest BCUT2D eigenvalue weighted by Gasteiger charge is -2.12. The zero-order chi connectivity index (χ0) is 19.8. The van der Waals surface area contributed by atoms with E-state index in [2.05, 4.69) is 0 Å². The van der Waals surface area contributed by atoms with E-state index < -0.39 is 41.7 Å². The maximum absolute atomic E-state index is 14.1. The lowest BCUT2D eigenvalue weighted by atomic mass is 10.1. The summed E-state index contributed by atoms with van der Waals surface area (Å²) in [6.07, 6.45) is -4.13. The second-order valence-corrected chi connectivity index (χ2v) is 5.94. The predicted octanol–water partition coefficient (Wildman–Crippen LogP) is 4.54. The largest absolute Gasteiger partial charge is 0.416 e. The topological polar surface area (TPSA) is 37.4 Å². The molecule has 2 amide bonds. The second-order valence-electron chi connectivity index (χ2n) is 5.94.